The van der Waals surface area contributed by atoms with Crippen molar-refractivity contribution in [1.29, 1.82) is 0 Å². The van der Waals surface area contributed by atoms with E-state index in [1.165, 1.54) is 11.4 Å². The largest absolute Gasteiger partial charge is 0.314 e. The van der Waals surface area contributed by atoms with E-state index in [-0.39, 0.29) is 11.5 Å². The van der Waals surface area contributed by atoms with Crippen molar-refractivity contribution in [3.63, 3.8) is 0 Å². The maximum Gasteiger partial charge on any atom is 0.262 e. The monoisotopic (exact) mass is 249 g/mol. The Labute approximate surface area is 103 Å². The van der Waals surface area contributed by atoms with Crippen LogP contribution in [0.2, 0.25) is 0 Å². The minimum absolute atomic E-state index is 0.144. The minimum atomic E-state index is -0.144. The Hall–Kier alpha value is -1.73. The molecular formula is C11H15N5O2. The van der Waals surface area contributed by atoms with Crippen molar-refractivity contribution in [3.05, 3.63) is 22.4 Å². The minimum Gasteiger partial charge on any atom is -0.314 e. The zero-order valence-electron chi connectivity index (χ0n) is 10.1. The van der Waals surface area contributed by atoms with E-state index >= 15 is 0 Å². The van der Waals surface area contributed by atoms with Gasteiger partial charge in [0.15, 0.2) is 5.65 Å². The average molecular weight is 249 g/mol. The number of aromatic amines is 1. The maximum absolute atomic E-state index is 11.9. The van der Waals surface area contributed by atoms with Crippen LogP contribution in [0.3, 0.4) is 0 Å². The normalized spacial score (nSPS) is 18.6. The van der Waals surface area contributed by atoms with Crippen LogP contribution in [-0.4, -0.2) is 43.1 Å². The Morgan fingerprint density at radius 2 is 2.17 bits per heavy atom. The van der Waals surface area contributed by atoms with Crippen LogP contribution in [0.5, 0.6) is 0 Å². The molecule has 0 saturated carbocycles. The molecule has 7 nitrogen and oxygen atoms in total. The summed E-state index contributed by atoms with van der Waals surface area (Å²) in [6.07, 6.45) is 3.00. The van der Waals surface area contributed by atoms with E-state index in [0.717, 1.165) is 18.5 Å². The van der Waals surface area contributed by atoms with Crippen LogP contribution in [0.15, 0.2) is 11.1 Å². The highest BCUT2D eigenvalue weighted by atomic mass is 16.5. The summed E-state index contributed by atoms with van der Waals surface area (Å²) in [5, 5.41) is 15.7. The molecule has 0 spiro atoms. The molecule has 0 aliphatic carbocycles. The molecule has 2 aromatic heterocycles. The van der Waals surface area contributed by atoms with Crippen molar-refractivity contribution in [2.24, 2.45) is 7.05 Å². The number of rotatable bonds is 1. The molecule has 2 aromatic rings. The molecule has 18 heavy (non-hydrogen) atoms. The van der Waals surface area contributed by atoms with Crippen LogP contribution in [0.1, 0.15) is 24.5 Å². The molecule has 0 unspecified atom stereocenters. The highest BCUT2D eigenvalue weighted by molar-refractivity contribution is 5.77. The van der Waals surface area contributed by atoms with Gasteiger partial charge in [0.1, 0.15) is 5.39 Å². The van der Waals surface area contributed by atoms with Crippen molar-refractivity contribution in [2.45, 2.75) is 18.8 Å². The van der Waals surface area contributed by atoms with Gasteiger partial charge in [-0.25, -0.2) is 9.67 Å². The molecule has 1 aliphatic heterocycles. The van der Waals surface area contributed by atoms with Gasteiger partial charge < -0.3 is 10.2 Å². The maximum atomic E-state index is 11.9. The van der Waals surface area contributed by atoms with Gasteiger partial charge >= 0.3 is 0 Å². The summed E-state index contributed by atoms with van der Waals surface area (Å²) in [6.45, 7) is 1.22. The Balaban J connectivity index is 2.09. The molecule has 2 N–H and O–H groups in total. The van der Waals surface area contributed by atoms with Crippen LogP contribution >= 0.6 is 0 Å². The van der Waals surface area contributed by atoms with Crippen LogP contribution in [0.25, 0.3) is 11.0 Å². The third kappa shape index (κ3) is 1.72. The first kappa shape index (κ1) is 11.4. The third-order valence-corrected chi connectivity index (χ3v) is 3.51. The summed E-state index contributed by atoms with van der Waals surface area (Å²) in [5.41, 5.74) is 1.27. The van der Waals surface area contributed by atoms with Crippen molar-refractivity contribution >= 4 is 11.0 Å². The number of piperidine rings is 1. The summed E-state index contributed by atoms with van der Waals surface area (Å²) in [5.74, 6) is 0.211. The second-order valence-corrected chi connectivity index (χ2v) is 4.67. The van der Waals surface area contributed by atoms with Crippen LogP contribution in [0, 0.1) is 0 Å². The zero-order valence-corrected chi connectivity index (χ0v) is 10.1. The molecule has 1 fully saturated rings. The van der Waals surface area contributed by atoms with E-state index in [0.29, 0.717) is 24.1 Å². The molecule has 0 aromatic carbocycles. The fourth-order valence-electron chi connectivity index (χ4n) is 2.55. The topological polar surface area (TPSA) is 87.0 Å². The van der Waals surface area contributed by atoms with E-state index in [2.05, 4.69) is 15.1 Å². The molecule has 3 heterocycles. The Morgan fingerprint density at radius 3 is 2.89 bits per heavy atom. The number of fused-ring (bicyclic) bond motifs is 1. The van der Waals surface area contributed by atoms with Crippen LogP contribution in [-0.2, 0) is 7.05 Å². The highest BCUT2D eigenvalue weighted by Crippen LogP contribution is 2.29. The number of aromatic nitrogens is 4. The van der Waals surface area contributed by atoms with Gasteiger partial charge in [-0.1, -0.05) is 0 Å². The number of nitrogens with one attached hydrogen (secondary N) is 1. The molecular weight excluding hydrogens is 234 g/mol. The molecule has 0 amide bonds. The molecule has 0 bridgehead atoms. The van der Waals surface area contributed by atoms with E-state index < -0.39 is 0 Å². The predicted octanol–water partition coefficient (Wildman–Crippen LogP) is 0.225. The van der Waals surface area contributed by atoms with Gasteiger partial charge in [0, 0.05) is 26.1 Å². The second-order valence-electron chi connectivity index (χ2n) is 4.67. The molecule has 1 saturated heterocycles. The summed E-state index contributed by atoms with van der Waals surface area (Å²) >= 11 is 0. The van der Waals surface area contributed by atoms with Gasteiger partial charge in [0.05, 0.1) is 12.0 Å². The van der Waals surface area contributed by atoms with E-state index in [1.807, 2.05) is 0 Å². The Kier molecular flexibility index (Phi) is 2.64. The Bertz CT molecular complexity index is 624. The third-order valence-electron chi connectivity index (χ3n) is 3.51. The van der Waals surface area contributed by atoms with Gasteiger partial charge in [-0.3, -0.25) is 4.79 Å². The highest BCUT2D eigenvalue weighted by Gasteiger charge is 2.25. The predicted molar refractivity (Wildman–Crippen MR) is 64.5 cm³/mol. The van der Waals surface area contributed by atoms with E-state index in [4.69, 9.17) is 0 Å². The first-order valence-corrected chi connectivity index (χ1v) is 6.01. The van der Waals surface area contributed by atoms with Crippen molar-refractivity contribution in [2.75, 3.05) is 13.1 Å². The van der Waals surface area contributed by atoms with Crippen molar-refractivity contribution in [1.82, 2.24) is 24.8 Å². The first-order valence-electron chi connectivity index (χ1n) is 6.01. The fraction of sp³-hybridized carbons (Fsp3) is 0.545. The van der Waals surface area contributed by atoms with Crippen molar-refractivity contribution < 1.29 is 5.21 Å². The van der Waals surface area contributed by atoms with Crippen LogP contribution in [0.4, 0.5) is 0 Å². The first-order chi connectivity index (χ1) is 8.66. The summed E-state index contributed by atoms with van der Waals surface area (Å²) in [4.78, 5) is 18.7. The summed E-state index contributed by atoms with van der Waals surface area (Å²) < 4.78 is 1.64. The Morgan fingerprint density at radius 1 is 1.44 bits per heavy atom. The van der Waals surface area contributed by atoms with Gasteiger partial charge in [-0.2, -0.15) is 10.2 Å². The van der Waals surface area contributed by atoms with Crippen LogP contribution < -0.4 is 5.56 Å². The molecule has 96 valence electrons. The average Bonchev–Trinajstić information content (AvgIpc) is 2.70. The van der Waals surface area contributed by atoms with Gasteiger partial charge in [-0.15, -0.1) is 0 Å². The standard InChI is InChI=1S/C11H15N5O2/c1-15-10-8(11(17)13-6-12-10)9(14-15)7-2-4-16(18)5-3-7/h6-7,18H,2-5H2,1H3,(H,12,13,17). The van der Waals surface area contributed by atoms with Gasteiger partial charge in [0.2, 0.25) is 0 Å². The zero-order chi connectivity index (χ0) is 12.7. The summed E-state index contributed by atoms with van der Waals surface area (Å²) in [7, 11) is 1.79. The van der Waals surface area contributed by atoms with Crippen molar-refractivity contribution in [3.8, 4) is 0 Å². The number of H-pyrrole nitrogens is 1. The lowest BCUT2D eigenvalue weighted by molar-refractivity contribution is -0.106. The number of hydroxylamine groups is 2. The SMILES string of the molecule is Cn1nc(C2CCN(O)CC2)c2c(=O)[nH]cnc21. The summed E-state index contributed by atoms with van der Waals surface area (Å²) in [6, 6.07) is 0. The molecule has 3 rings (SSSR count). The second kappa shape index (κ2) is 4.18. The van der Waals surface area contributed by atoms with Gasteiger partial charge in [-0.05, 0) is 12.8 Å². The van der Waals surface area contributed by atoms with E-state index in [1.54, 1.807) is 11.7 Å². The van der Waals surface area contributed by atoms with E-state index in [9.17, 15) is 10.0 Å². The number of hydrogen-bond acceptors (Lipinski definition) is 5. The lowest BCUT2D eigenvalue weighted by Gasteiger charge is -2.26. The lowest BCUT2D eigenvalue weighted by Crippen LogP contribution is -2.30. The fourth-order valence-corrected chi connectivity index (χ4v) is 2.55. The smallest absolute Gasteiger partial charge is 0.262 e. The molecule has 1 aliphatic rings. The van der Waals surface area contributed by atoms with Gasteiger partial charge in [0.25, 0.3) is 5.56 Å². The molecule has 0 atom stereocenters. The number of nitrogens with zero attached hydrogens (tertiary/aromatic N) is 4. The molecule has 0 radical (unpaired) electrons. The number of aryl methyl sites for hydroxylation is 1. The quantitative estimate of drug-likeness (QED) is 0.755. The molecule has 7 heteroatoms. The number of hydrogen-bond donors (Lipinski definition) is 2. The lowest BCUT2D eigenvalue weighted by atomic mass is 9.93.